The summed E-state index contributed by atoms with van der Waals surface area (Å²) in [7, 11) is -3.90. The van der Waals surface area contributed by atoms with Crippen molar-refractivity contribution in [3.8, 4) is 0 Å². The summed E-state index contributed by atoms with van der Waals surface area (Å²) in [6.07, 6.45) is 1.95. The first-order valence-electron chi connectivity index (χ1n) is 12.2. The number of nitrogens with one attached hydrogen (secondary N) is 1. The average molecular weight is 605 g/mol. The van der Waals surface area contributed by atoms with Gasteiger partial charge in [-0.3, -0.25) is 13.9 Å². The molecule has 0 fully saturated rings. The van der Waals surface area contributed by atoms with Crippen molar-refractivity contribution in [2.24, 2.45) is 0 Å². The molecule has 0 saturated carbocycles. The summed E-state index contributed by atoms with van der Waals surface area (Å²) in [6.45, 7) is 1.91. The Morgan fingerprint density at radius 2 is 1.58 bits per heavy atom. The summed E-state index contributed by atoms with van der Waals surface area (Å²) in [5.74, 6) is -1.41. The minimum Gasteiger partial charge on any atom is -0.354 e. The summed E-state index contributed by atoms with van der Waals surface area (Å²) >= 11 is 3.41. The van der Waals surface area contributed by atoms with Crippen molar-refractivity contribution in [1.82, 2.24) is 10.2 Å². The number of anilines is 1. The molecule has 3 aromatic rings. The highest BCUT2D eigenvalue weighted by Crippen LogP contribution is 2.21. The summed E-state index contributed by atoms with van der Waals surface area (Å²) in [4.78, 5) is 28.7. The van der Waals surface area contributed by atoms with Gasteiger partial charge in [0.2, 0.25) is 21.8 Å². The van der Waals surface area contributed by atoms with E-state index in [1.54, 1.807) is 0 Å². The highest BCUT2D eigenvalue weighted by atomic mass is 79.9. The topological polar surface area (TPSA) is 86.8 Å². The van der Waals surface area contributed by atoms with Crippen LogP contribution in [0.5, 0.6) is 0 Å². The lowest BCUT2D eigenvalue weighted by Crippen LogP contribution is -2.53. The molecule has 0 spiro atoms. The summed E-state index contributed by atoms with van der Waals surface area (Å²) < 4.78 is 40.7. The first-order chi connectivity index (χ1) is 18.1. The van der Waals surface area contributed by atoms with Crippen molar-refractivity contribution in [1.29, 1.82) is 0 Å². The summed E-state index contributed by atoms with van der Waals surface area (Å²) in [6, 6.07) is 20.7. The lowest BCUT2D eigenvalue weighted by atomic mass is 10.0. The van der Waals surface area contributed by atoms with Crippen molar-refractivity contribution >= 4 is 43.5 Å². The number of nitrogens with zero attached hydrogens (tertiary/aromatic N) is 2. The van der Waals surface area contributed by atoms with E-state index < -0.39 is 34.3 Å². The van der Waals surface area contributed by atoms with Crippen LogP contribution in [0.15, 0.2) is 83.3 Å². The Morgan fingerprint density at radius 3 is 2.16 bits per heavy atom. The zero-order valence-electron chi connectivity index (χ0n) is 21.3. The van der Waals surface area contributed by atoms with Crippen LogP contribution in [0.4, 0.5) is 10.1 Å². The lowest BCUT2D eigenvalue weighted by Gasteiger charge is -2.33. The van der Waals surface area contributed by atoms with E-state index in [1.807, 2.05) is 61.5 Å². The molecule has 0 saturated heterocycles. The van der Waals surface area contributed by atoms with Crippen LogP contribution in [0.1, 0.15) is 24.5 Å². The number of halogens is 2. The van der Waals surface area contributed by atoms with E-state index in [0.717, 1.165) is 44.7 Å². The van der Waals surface area contributed by atoms with Crippen molar-refractivity contribution < 1.29 is 22.4 Å². The number of amides is 2. The van der Waals surface area contributed by atoms with Crippen LogP contribution >= 0.6 is 15.9 Å². The molecule has 3 aromatic carbocycles. The monoisotopic (exact) mass is 603 g/mol. The first kappa shape index (κ1) is 29.3. The van der Waals surface area contributed by atoms with Gasteiger partial charge < -0.3 is 10.2 Å². The number of carbonyl (C=O) groups excluding carboxylic acids is 2. The van der Waals surface area contributed by atoms with E-state index in [1.165, 1.54) is 17.0 Å². The fourth-order valence-electron chi connectivity index (χ4n) is 3.93. The molecule has 0 radical (unpaired) electrons. The third-order valence-corrected chi connectivity index (χ3v) is 7.55. The molecule has 7 nitrogen and oxygen atoms in total. The first-order valence-corrected chi connectivity index (χ1v) is 14.8. The Kier molecular flexibility index (Phi) is 10.4. The van der Waals surface area contributed by atoms with Crippen LogP contribution in [0.3, 0.4) is 0 Å². The summed E-state index contributed by atoms with van der Waals surface area (Å²) in [5, 5.41) is 2.89. The maximum Gasteiger partial charge on any atom is 0.244 e. The maximum atomic E-state index is 13.9. The molecule has 1 atom stereocenters. The molecule has 0 unspecified atom stereocenters. The number of benzene rings is 3. The molecule has 202 valence electrons. The highest BCUT2D eigenvalue weighted by molar-refractivity contribution is 9.10. The number of hydrogen-bond acceptors (Lipinski definition) is 4. The second-order valence-electron chi connectivity index (χ2n) is 8.89. The van der Waals surface area contributed by atoms with Crippen LogP contribution in [0.25, 0.3) is 0 Å². The van der Waals surface area contributed by atoms with Crippen LogP contribution in [0, 0.1) is 5.82 Å². The van der Waals surface area contributed by atoms with Gasteiger partial charge in [0.15, 0.2) is 0 Å². The molecule has 38 heavy (non-hydrogen) atoms. The van der Waals surface area contributed by atoms with Crippen molar-refractivity contribution in [2.75, 3.05) is 23.7 Å². The second kappa shape index (κ2) is 13.5. The molecule has 0 aliphatic rings. The van der Waals surface area contributed by atoms with Crippen LogP contribution < -0.4 is 9.62 Å². The van der Waals surface area contributed by atoms with Gasteiger partial charge >= 0.3 is 0 Å². The zero-order chi connectivity index (χ0) is 27.7. The smallest absolute Gasteiger partial charge is 0.244 e. The molecule has 0 aromatic heterocycles. The lowest BCUT2D eigenvalue weighted by molar-refractivity contribution is -0.140. The standard InChI is InChI=1S/C28H31BrFN3O4S/c1-3-17-31-28(35)26(18-21-7-5-4-6-8-21)32(19-22-9-11-23(29)12-10-22)27(34)20-33(38(2,36)37)25-15-13-24(30)14-16-25/h4-16,26H,3,17-20H2,1-2H3,(H,31,35)/t26-/m0/s1. The van der Waals surface area contributed by atoms with E-state index in [0.29, 0.717) is 6.54 Å². The largest absolute Gasteiger partial charge is 0.354 e. The number of rotatable bonds is 12. The fraction of sp³-hybridized carbons (Fsp3) is 0.286. The highest BCUT2D eigenvalue weighted by Gasteiger charge is 2.32. The Balaban J connectivity index is 2.02. The molecule has 0 heterocycles. The Bertz CT molecular complexity index is 1320. The molecule has 10 heteroatoms. The fourth-order valence-corrected chi connectivity index (χ4v) is 5.04. The van der Waals surface area contributed by atoms with Gasteiger partial charge in [0, 0.05) is 24.0 Å². The molecule has 3 rings (SSSR count). The van der Waals surface area contributed by atoms with E-state index in [9.17, 15) is 22.4 Å². The Hall–Kier alpha value is -3.24. The molecule has 0 aliphatic heterocycles. The molecular weight excluding hydrogens is 573 g/mol. The number of hydrogen-bond donors (Lipinski definition) is 1. The van der Waals surface area contributed by atoms with E-state index in [2.05, 4.69) is 21.2 Å². The molecule has 0 aliphatic carbocycles. The second-order valence-corrected chi connectivity index (χ2v) is 11.7. The molecule has 2 amide bonds. The SMILES string of the molecule is CCCNC(=O)[C@H](Cc1ccccc1)N(Cc1ccc(Br)cc1)C(=O)CN(c1ccc(F)cc1)S(C)(=O)=O. The van der Waals surface area contributed by atoms with Gasteiger partial charge in [-0.2, -0.15) is 0 Å². The van der Waals surface area contributed by atoms with Crippen molar-refractivity contribution in [2.45, 2.75) is 32.4 Å². The summed E-state index contributed by atoms with van der Waals surface area (Å²) in [5.41, 5.74) is 1.78. The van der Waals surface area contributed by atoms with Gasteiger partial charge in [0.05, 0.1) is 11.9 Å². The molecule has 1 N–H and O–H groups in total. The molecule has 0 bridgehead atoms. The minimum absolute atomic E-state index is 0.0875. The molecular formula is C28H31BrFN3O4S. The quantitative estimate of drug-likeness (QED) is 0.330. The van der Waals surface area contributed by atoms with Gasteiger partial charge in [0.25, 0.3) is 0 Å². The average Bonchev–Trinajstić information content (AvgIpc) is 2.89. The Morgan fingerprint density at radius 1 is 0.947 bits per heavy atom. The maximum absolute atomic E-state index is 13.9. The predicted molar refractivity (Wildman–Crippen MR) is 151 cm³/mol. The van der Waals surface area contributed by atoms with E-state index >= 15 is 0 Å². The third-order valence-electron chi connectivity index (χ3n) is 5.88. The Labute approximate surface area is 231 Å². The van der Waals surface area contributed by atoms with Crippen molar-refractivity contribution in [3.05, 3.63) is 100 Å². The van der Waals surface area contributed by atoms with Gasteiger partial charge in [-0.25, -0.2) is 12.8 Å². The number of sulfonamides is 1. The van der Waals surface area contributed by atoms with Gasteiger partial charge in [0.1, 0.15) is 18.4 Å². The van der Waals surface area contributed by atoms with Gasteiger partial charge in [-0.1, -0.05) is 65.3 Å². The van der Waals surface area contributed by atoms with Crippen LogP contribution in [0.2, 0.25) is 0 Å². The van der Waals surface area contributed by atoms with Crippen LogP contribution in [-0.2, 0) is 32.6 Å². The van der Waals surface area contributed by atoms with Crippen molar-refractivity contribution in [3.63, 3.8) is 0 Å². The zero-order valence-corrected chi connectivity index (χ0v) is 23.7. The normalized spacial score (nSPS) is 12.0. The third kappa shape index (κ3) is 8.39. The van der Waals surface area contributed by atoms with E-state index in [4.69, 9.17) is 0 Å². The minimum atomic E-state index is -3.90. The van der Waals surface area contributed by atoms with Gasteiger partial charge in [-0.05, 0) is 53.9 Å². The van der Waals surface area contributed by atoms with Crippen LogP contribution in [-0.4, -0.2) is 50.5 Å². The van der Waals surface area contributed by atoms with E-state index in [-0.39, 0.29) is 24.6 Å². The van der Waals surface area contributed by atoms with Gasteiger partial charge in [-0.15, -0.1) is 0 Å². The predicted octanol–water partition coefficient (Wildman–Crippen LogP) is 4.52. The number of carbonyl (C=O) groups is 2.